The first-order chi connectivity index (χ1) is 9.76. The van der Waals surface area contributed by atoms with Crippen molar-refractivity contribution in [1.29, 1.82) is 0 Å². The number of nitrogens with one attached hydrogen (secondary N) is 1. The van der Waals surface area contributed by atoms with E-state index in [0.717, 1.165) is 24.1 Å². The zero-order chi connectivity index (χ0) is 13.9. The summed E-state index contributed by atoms with van der Waals surface area (Å²) in [7, 11) is 0. The van der Waals surface area contributed by atoms with E-state index in [1.54, 1.807) is 24.3 Å². The zero-order valence-electron chi connectivity index (χ0n) is 11.0. The minimum atomic E-state index is 0.227. The van der Waals surface area contributed by atoms with Crippen LogP contribution in [0.4, 0.5) is 0 Å². The van der Waals surface area contributed by atoms with E-state index >= 15 is 0 Å². The highest BCUT2D eigenvalue weighted by atomic mass is 16.5. The van der Waals surface area contributed by atoms with Crippen LogP contribution in [0.3, 0.4) is 0 Å². The Kier molecular flexibility index (Phi) is 3.20. The summed E-state index contributed by atoms with van der Waals surface area (Å²) in [5.41, 5.74) is 2.34. The number of hydrogen-bond donors (Lipinski definition) is 2. The molecule has 102 valence electrons. The number of H-pyrrole nitrogens is 1. The number of rotatable bonds is 4. The van der Waals surface area contributed by atoms with Gasteiger partial charge in [-0.1, -0.05) is 12.1 Å². The molecule has 0 radical (unpaired) electrons. The maximum Gasteiger partial charge on any atom is 0.275 e. The van der Waals surface area contributed by atoms with Crippen LogP contribution >= 0.6 is 0 Å². The number of nitrogens with zero attached hydrogens (tertiary/aromatic N) is 3. The Labute approximate surface area is 115 Å². The van der Waals surface area contributed by atoms with E-state index in [-0.39, 0.29) is 5.75 Å². The Morgan fingerprint density at radius 2 is 2.05 bits per heavy atom. The van der Waals surface area contributed by atoms with Gasteiger partial charge < -0.3 is 9.63 Å². The van der Waals surface area contributed by atoms with Crippen LogP contribution in [0.5, 0.6) is 5.75 Å². The smallest absolute Gasteiger partial charge is 0.275 e. The van der Waals surface area contributed by atoms with Gasteiger partial charge in [-0.3, -0.25) is 5.10 Å². The van der Waals surface area contributed by atoms with Gasteiger partial charge >= 0.3 is 0 Å². The second-order valence-electron chi connectivity index (χ2n) is 4.48. The van der Waals surface area contributed by atoms with Crippen LogP contribution in [-0.4, -0.2) is 25.4 Å². The van der Waals surface area contributed by atoms with Crippen LogP contribution < -0.4 is 0 Å². The van der Waals surface area contributed by atoms with Crippen molar-refractivity contribution in [1.82, 2.24) is 20.3 Å². The lowest BCUT2D eigenvalue weighted by Crippen LogP contribution is -1.85. The van der Waals surface area contributed by atoms with Crippen molar-refractivity contribution in [3.8, 4) is 28.6 Å². The number of aryl methyl sites for hydroxylation is 1. The first-order valence-electron chi connectivity index (χ1n) is 6.44. The van der Waals surface area contributed by atoms with Crippen molar-refractivity contribution in [3.05, 3.63) is 36.2 Å². The summed E-state index contributed by atoms with van der Waals surface area (Å²) in [6.45, 7) is 2.06. The minimum Gasteiger partial charge on any atom is -0.508 e. The molecule has 2 N–H and O–H groups in total. The van der Waals surface area contributed by atoms with Gasteiger partial charge in [0.25, 0.3) is 5.89 Å². The molecule has 0 atom stereocenters. The van der Waals surface area contributed by atoms with E-state index in [4.69, 9.17) is 4.52 Å². The fourth-order valence-electron chi connectivity index (χ4n) is 1.90. The Hall–Kier alpha value is -2.63. The maximum atomic E-state index is 9.28. The predicted molar refractivity (Wildman–Crippen MR) is 73.0 cm³/mol. The number of aromatic hydroxyl groups is 1. The Morgan fingerprint density at radius 1 is 1.25 bits per heavy atom. The Morgan fingerprint density at radius 3 is 2.80 bits per heavy atom. The molecule has 0 saturated heterocycles. The molecule has 0 amide bonds. The summed E-state index contributed by atoms with van der Waals surface area (Å²) in [5.74, 6) is 1.36. The summed E-state index contributed by atoms with van der Waals surface area (Å²) in [6, 6.07) is 8.68. The van der Waals surface area contributed by atoms with Gasteiger partial charge in [-0.05, 0) is 36.8 Å². The summed E-state index contributed by atoms with van der Waals surface area (Å²) in [5, 5.41) is 20.3. The van der Waals surface area contributed by atoms with Gasteiger partial charge in [0.1, 0.15) is 11.4 Å². The second-order valence-corrected chi connectivity index (χ2v) is 4.48. The molecule has 3 rings (SSSR count). The van der Waals surface area contributed by atoms with E-state index in [9.17, 15) is 5.11 Å². The number of hydrogen-bond acceptors (Lipinski definition) is 5. The molecule has 6 nitrogen and oxygen atoms in total. The monoisotopic (exact) mass is 270 g/mol. The first-order valence-corrected chi connectivity index (χ1v) is 6.44. The van der Waals surface area contributed by atoms with Gasteiger partial charge in [-0.15, -0.1) is 0 Å². The zero-order valence-corrected chi connectivity index (χ0v) is 11.0. The normalized spacial score (nSPS) is 10.8. The van der Waals surface area contributed by atoms with Gasteiger partial charge in [0.05, 0.1) is 5.69 Å². The average molecular weight is 270 g/mol. The molecule has 0 aliphatic carbocycles. The Bertz CT molecular complexity index is 700. The van der Waals surface area contributed by atoms with Crippen LogP contribution in [0.1, 0.15) is 19.2 Å². The molecule has 6 heteroatoms. The fourth-order valence-corrected chi connectivity index (χ4v) is 1.90. The van der Waals surface area contributed by atoms with Gasteiger partial charge in [0, 0.05) is 12.0 Å². The lowest BCUT2D eigenvalue weighted by Gasteiger charge is -1.95. The van der Waals surface area contributed by atoms with Crippen molar-refractivity contribution in [2.75, 3.05) is 0 Å². The molecule has 1 aromatic carbocycles. The van der Waals surface area contributed by atoms with Crippen LogP contribution in [0, 0.1) is 0 Å². The quantitative estimate of drug-likeness (QED) is 0.761. The van der Waals surface area contributed by atoms with E-state index in [1.165, 1.54) is 0 Å². The van der Waals surface area contributed by atoms with Crippen molar-refractivity contribution in [3.63, 3.8) is 0 Å². The summed E-state index contributed by atoms with van der Waals surface area (Å²) in [6.07, 6.45) is 1.77. The molecule has 0 saturated carbocycles. The Balaban J connectivity index is 1.87. The van der Waals surface area contributed by atoms with Crippen molar-refractivity contribution in [2.45, 2.75) is 19.8 Å². The third-order valence-corrected chi connectivity index (χ3v) is 2.91. The van der Waals surface area contributed by atoms with Gasteiger partial charge in [0.2, 0.25) is 0 Å². The highest BCUT2D eigenvalue weighted by molar-refractivity contribution is 5.64. The van der Waals surface area contributed by atoms with E-state index in [1.807, 2.05) is 6.07 Å². The highest BCUT2D eigenvalue weighted by Gasteiger charge is 2.12. The van der Waals surface area contributed by atoms with E-state index in [0.29, 0.717) is 17.4 Å². The molecule has 0 bridgehead atoms. The van der Waals surface area contributed by atoms with Crippen LogP contribution in [0.15, 0.2) is 34.9 Å². The predicted octanol–water partition coefficient (Wildman–Crippen LogP) is 2.78. The van der Waals surface area contributed by atoms with Gasteiger partial charge in [-0.2, -0.15) is 10.1 Å². The first kappa shape index (κ1) is 12.4. The maximum absolute atomic E-state index is 9.28. The molecule has 2 aromatic heterocycles. The number of aromatic nitrogens is 4. The van der Waals surface area contributed by atoms with E-state index < -0.39 is 0 Å². The lowest BCUT2D eigenvalue weighted by molar-refractivity contribution is 0.421. The number of aromatic amines is 1. The lowest BCUT2D eigenvalue weighted by atomic mass is 10.1. The minimum absolute atomic E-state index is 0.227. The van der Waals surface area contributed by atoms with Crippen LogP contribution in [-0.2, 0) is 6.42 Å². The molecular weight excluding hydrogens is 256 g/mol. The van der Waals surface area contributed by atoms with Crippen LogP contribution in [0.2, 0.25) is 0 Å². The van der Waals surface area contributed by atoms with Gasteiger partial charge in [-0.25, -0.2) is 0 Å². The van der Waals surface area contributed by atoms with Crippen molar-refractivity contribution >= 4 is 0 Å². The molecule has 2 heterocycles. The number of benzene rings is 1. The van der Waals surface area contributed by atoms with Crippen molar-refractivity contribution in [2.24, 2.45) is 0 Å². The summed E-state index contributed by atoms with van der Waals surface area (Å²) in [4.78, 5) is 4.30. The van der Waals surface area contributed by atoms with Gasteiger partial charge in [0.15, 0.2) is 5.82 Å². The average Bonchev–Trinajstić information content (AvgIpc) is 3.08. The standard InChI is InChI=1S/C14H14N4O2/c1-2-3-13-15-14(20-18-13)12-8-11(16-17-12)9-4-6-10(19)7-5-9/h4-8,19H,2-3H2,1H3,(H,16,17). The molecule has 20 heavy (non-hydrogen) atoms. The highest BCUT2D eigenvalue weighted by Crippen LogP contribution is 2.24. The summed E-state index contributed by atoms with van der Waals surface area (Å²) < 4.78 is 5.20. The molecule has 0 fully saturated rings. The third-order valence-electron chi connectivity index (χ3n) is 2.91. The van der Waals surface area contributed by atoms with Crippen LogP contribution in [0.25, 0.3) is 22.8 Å². The topological polar surface area (TPSA) is 87.8 Å². The van der Waals surface area contributed by atoms with E-state index in [2.05, 4.69) is 27.3 Å². The summed E-state index contributed by atoms with van der Waals surface area (Å²) >= 11 is 0. The number of phenols is 1. The second kappa shape index (κ2) is 5.16. The molecule has 0 aliphatic heterocycles. The largest absolute Gasteiger partial charge is 0.508 e. The molecule has 3 aromatic rings. The molecule has 0 aliphatic rings. The third kappa shape index (κ3) is 2.40. The number of phenolic OH excluding ortho intramolecular Hbond substituents is 1. The van der Waals surface area contributed by atoms with Crippen molar-refractivity contribution < 1.29 is 9.63 Å². The molecular formula is C14H14N4O2. The SMILES string of the molecule is CCCc1noc(-c2cc(-c3ccc(O)cc3)n[nH]2)n1. The molecule has 0 unspecified atom stereocenters. The molecule has 0 spiro atoms. The fraction of sp³-hybridized carbons (Fsp3) is 0.214.